The molecule has 2 aromatic carbocycles. The third-order valence-electron chi connectivity index (χ3n) is 4.44. The van der Waals surface area contributed by atoms with Gasteiger partial charge in [0.25, 0.3) is 5.56 Å². The average Bonchev–Trinajstić information content (AvgIpc) is 3.12. The third kappa shape index (κ3) is 3.61. The highest BCUT2D eigenvalue weighted by Gasteiger charge is 2.13. The van der Waals surface area contributed by atoms with Crippen molar-refractivity contribution in [2.75, 3.05) is 5.32 Å². The summed E-state index contributed by atoms with van der Waals surface area (Å²) < 4.78 is 13.2. The van der Waals surface area contributed by atoms with Crippen LogP contribution in [0.3, 0.4) is 0 Å². The molecule has 0 radical (unpaired) electrons. The summed E-state index contributed by atoms with van der Waals surface area (Å²) in [7, 11) is 0. The van der Waals surface area contributed by atoms with Crippen molar-refractivity contribution < 1.29 is 4.39 Å². The normalized spacial score (nSPS) is 11.0. The van der Waals surface area contributed by atoms with E-state index in [1.165, 1.54) is 29.0 Å². The number of aromatic nitrogens is 2. The molecule has 27 heavy (non-hydrogen) atoms. The van der Waals surface area contributed by atoms with Crippen LogP contribution in [0.5, 0.6) is 0 Å². The molecule has 0 spiro atoms. The second kappa shape index (κ2) is 7.32. The number of aromatic amines is 1. The summed E-state index contributed by atoms with van der Waals surface area (Å²) in [5, 5.41) is 5.74. The van der Waals surface area contributed by atoms with Gasteiger partial charge in [-0.05, 0) is 41.8 Å². The molecule has 0 bridgehead atoms. The minimum absolute atomic E-state index is 0.181. The molecule has 2 aromatic heterocycles. The van der Waals surface area contributed by atoms with Gasteiger partial charge in [0.05, 0.1) is 11.9 Å². The molecular formula is C21H18FN3OS. The number of nitrogens with zero attached hydrogens (tertiary/aromatic N) is 1. The number of hydrogen-bond acceptors (Lipinski definition) is 4. The standard InChI is InChI=1S/C21H18FN3OS/c1-2-13-4-3-5-16(10-13)23-11-18-24-20(26)19-17(12-27-21(19)25-18)14-6-8-15(22)9-7-14/h3-10,12,23H,2,11H2,1H3,(H,24,25,26). The Balaban J connectivity index is 1.62. The van der Waals surface area contributed by atoms with E-state index in [0.717, 1.165) is 23.2 Å². The highest BCUT2D eigenvalue weighted by Crippen LogP contribution is 2.30. The zero-order chi connectivity index (χ0) is 18.8. The fraction of sp³-hybridized carbons (Fsp3) is 0.143. The van der Waals surface area contributed by atoms with Gasteiger partial charge in [-0.2, -0.15) is 0 Å². The Labute approximate surface area is 159 Å². The molecular weight excluding hydrogens is 361 g/mol. The Hall–Kier alpha value is -2.99. The van der Waals surface area contributed by atoms with E-state index in [9.17, 15) is 9.18 Å². The SMILES string of the molecule is CCc1cccc(NCc2nc3scc(-c4ccc(F)cc4)c3c(=O)[nH]2)c1. The summed E-state index contributed by atoms with van der Waals surface area (Å²) in [6, 6.07) is 14.3. The number of anilines is 1. The quantitative estimate of drug-likeness (QED) is 0.515. The number of fused-ring (bicyclic) bond motifs is 1. The Kier molecular flexibility index (Phi) is 4.73. The molecule has 2 heterocycles. The van der Waals surface area contributed by atoms with Crippen LogP contribution in [0.15, 0.2) is 58.7 Å². The maximum atomic E-state index is 13.2. The summed E-state index contributed by atoms with van der Waals surface area (Å²) in [6.45, 7) is 2.55. The highest BCUT2D eigenvalue weighted by molar-refractivity contribution is 7.17. The van der Waals surface area contributed by atoms with Gasteiger partial charge < -0.3 is 10.3 Å². The van der Waals surface area contributed by atoms with Crippen molar-refractivity contribution in [2.45, 2.75) is 19.9 Å². The first-order valence-corrected chi connectivity index (χ1v) is 9.61. The van der Waals surface area contributed by atoms with Crippen molar-refractivity contribution in [1.29, 1.82) is 0 Å². The van der Waals surface area contributed by atoms with Gasteiger partial charge in [0.15, 0.2) is 0 Å². The van der Waals surface area contributed by atoms with Gasteiger partial charge in [-0.25, -0.2) is 9.37 Å². The van der Waals surface area contributed by atoms with E-state index in [-0.39, 0.29) is 11.4 Å². The highest BCUT2D eigenvalue weighted by atomic mass is 32.1. The predicted octanol–water partition coefficient (Wildman–Crippen LogP) is 4.97. The molecule has 136 valence electrons. The molecule has 4 nitrogen and oxygen atoms in total. The molecule has 0 saturated heterocycles. The number of aryl methyl sites for hydroxylation is 1. The van der Waals surface area contributed by atoms with Gasteiger partial charge >= 0.3 is 0 Å². The summed E-state index contributed by atoms with van der Waals surface area (Å²) in [5.74, 6) is 0.285. The molecule has 0 saturated carbocycles. The molecule has 0 amide bonds. The van der Waals surface area contributed by atoms with Crippen LogP contribution in [0.4, 0.5) is 10.1 Å². The van der Waals surface area contributed by atoms with Crippen molar-refractivity contribution in [3.8, 4) is 11.1 Å². The number of benzene rings is 2. The minimum atomic E-state index is -0.300. The topological polar surface area (TPSA) is 57.8 Å². The Morgan fingerprint density at radius 2 is 2.00 bits per heavy atom. The van der Waals surface area contributed by atoms with Crippen LogP contribution in [0.25, 0.3) is 21.3 Å². The zero-order valence-corrected chi connectivity index (χ0v) is 15.6. The number of thiophene rings is 1. The van der Waals surface area contributed by atoms with Crippen LogP contribution in [-0.2, 0) is 13.0 Å². The summed E-state index contributed by atoms with van der Waals surface area (Å²) >= 11 is 1.42. The summed E-state index contributed by atoms with van der Waals surface area (Å²) in [5.41, 5.74) is 3.64. The maximum Gasteiger partial charge on any atom is 0.260 e. The van der Waals surface area contributed by atoms with Crippen LogP contribution in [0, 0.1) is 5.82 Å². The first-order valence-electron chi connectivity index (χ1n) is 8.73. The number of nitrogens with one attached hydrogen (secondary N) is 2. The smallest absolute Gasteiger partial charge is 0.260 e. The van der Waals surface area contributed by atoms with E-state index in [0.29, 0.717) is 22.6 Å². The minimum Gasteiger partial charge on any atom is -0.378 e. The largest absolute Gasteiger partial charge is 0.378 e. The molecule has 0 atom stereocenters. The van der Waals surface area contributed by atoms with Crippen LogP contribution in [-0.4, -0.2) is 9.97 Å². The maximum absolute atomic E-state index is 13.2. The van der Waals surface area contributed by atoms with Crippen molar-refractivity contribution in [3.63, 3.8) is 0 Å². The molecule has 6 heteroatoms. The van der Waals surface area contributed by atoms with Gasteiger partial charge in [0, 0.05) is 16.6 Å². The average molecular weight is 379 g/mol. The van der Waals surface area contributed by atoms with Crippen LogP contribution in [0.2, 0.25) is 0 Å². The third-order valence-corrected chi connectivity index (χ3v) is 5.32. The van der Waals surface area contributed by atoms with Gasteiger partial charge in [-0.3, -0.25) is 4.79 Å². The number of H-pyrrole nitrogens is 1. The molecule has 0 aliphatic heterocycles. The monoisotopic (exact) mass is 379 g/mol. The molecule has 0 unspecified atom stereocenters. The van der Waals surface area contributed by atoms with E-state index in [1.807, 2.05) is 17.5 Å². The number of hydrogen-bond donors (Lipinski definition) is 2. The second-order valence-electron chi connectivity index (χ2n) is 6.26. The first-order chi connectivity index (χ1) is 13.1. The van der Waals surface area contributed by atoms with Crippen LogP contribution >= 0.6 is 11.3 Å². The van der Waals surface area contributed by atoms with Gasteiger partial charge in [0.2, 0.25) is 0 Å². The predicted molar refractivity (Wildman–Crippen MR) is 109 cm³/mol. The van der Waals surface area contributed by atoms with Crippen molar-refractivity contribution >= 4 is 27.2 Å². The number of rotatable bonds is 5. The lowest BCUT2D eigenvalue weighted by Crippen LogP contribution is -2.14. The van der Waals surface area contributed by atoms with Crippen molar-refractivity contribution in [1.82, 2.24) is 9.97 Å². The molecule has 0 aliphatic carbocycles. The summed E-state index contributed by atoms with van der Waals surface area (Å²) in [6.07, 6.45) is 0.970. The van der Waals surface area contributed by atoms with Crippen LogP contribution in [0.1, 0.15) is 18.3 Å². The first kappa shape index (κ1) is 17.4. The van der Waals surface area contributed by atoms with E-state index < -0.39 is 0 Å². The lowest BCUT2D eigenvalue weighted by atomic mass is 10.1. The van der Waals surface area contributed by atoms with Crippen molar-refractivity contribution in [2.24, 2.45) is 0 Å². The van der Waals surface area contributed by atoms with E-state index in [1.54, 1.807) is 12.1 Å². The van der Waals surface area contributed by atoms with E-state index >= 15 is 0 Å². The molecule has 0 aliphatic rings. The molecule has 2 N–H and O–H groups in total. The lowest BCUT2D eigenvalue weighted by molar-refractivity contribution is 0.628. The fourth-order valence-electron chi connectivity index (χ4n) is 3.01. The van der Waals surface area contributed by atoms with Crippen LogP contribution < -0.4 is 10.9 Å². The molecule has 0 fully saturated rings. The van der Waals surface area contributed by atoms with Gasteiger partial charge in [-0.1, -0.05) is 31.2 Å². The summed E-state index contributed by atoms with van der Waals surface area (Å²) in [4.78, 5) is 20.8. The van der Waals surface area contributed by atoms with Gasteiger partial charge in [-0.15, -0.1) is 11.3 Å². The Morgan fingerprint density at radius 3 is 2.78 bits per heavy atom. The number of halogens is 1. The Bertz CT molecular complexity index is 1150. The molecule has 4 aromatic rings. The molecule has 4 rings (SSSR count). The van der Waals surface area contributed by atoms with Crippen molar-refractivity contribution in [3.05, 3.63) is 81.5 Å². The lowest BCUT2D eigenvalue weighted by Gasteiger charge is -2.07. The fourth-order valence-corrected chi connectivity index (χ4v) is 3.97. The van der Waals surface area contributed by atoms with E-state index in [2.05, 4.69) is 34.3 Å². The Morgan fingerprint density at radius 1 is 1.19 bits per heavy atom. The van der Waals surface area contributed by atoms with Gasteiger partial charge in [0.1, 0.15) is 16.5 Å². The van der Waals surface area contributed by atoms with E-state index in [4.69, 9.17) is 0 Å². The second-order valence-corrected chi connectivity index (χ2v) is 7.11. The zero-order valence-electron chi connectivity index (χ0n) is 14.8.